The van der Waals surface area contributed by atoms with Crippen LogP contribution in [0.4, 0.5) is 0 Å². The fourth-order valence-corrected chi connectivity index (χ4v) is 4.80. The summed E-state index contributed by atoms with van der Waals surface area (Å²) < 4.78 is 8.08. The SMILES string of the molecule is CC(C)CC(=O)Cc1nc2cc(OCCCN3CCCCC3)ccn2c1-c1cccc(Cl)c1. The lowest BCUT2D eigenvalue weighted by atomic mass is 10.0. The molecule has 6 heteroatoms. The molecular weight excluding hydrogens is 434 g/mol. The van der Waals surface area contributed by atoms with Gasteiger partial charge in [0.2, 0.25) is 0 Å². The summed E-state index contributed by atoms with van der Waals surface area (Å²) in [4.78, 5) is 20.0. The van der Waals surface area contributed by atoms with Gasteiger partial charge in [0.1, 0.15) is 17.2 Å². The molecule has 0 saturated carbocycles. The molecule has 33 heavy (non-hydrogen) atoms. The zero-order valence-electron chi connectivity index (χ0n) is 19.7. The number of hydrogen-bond acceptors (Lipinski definition) is 4. The molecule has 176 valence electrons. The van der Waals surface area contributed by atoms with Crippen molar-refractivity contribution in [1.29, 1.82) is 0 Å². The zero-order chi connectivity index (χ0) is 23.2. The quantitative estimate of drug-likeness (QED) is 0.339. The fourth-order valence-electron chi connectivity index (χ4n) is 4.60. The van der Waals surface area contributed by atoms with Crippen LogP contribution in [0.3, 0.4) is 0 Å². The van der Waals surface area contributed by atoms with E-state index in [4.69, 9.17) is 21.3 Å². The van der Waals surface area contributed by atoms with Crippen LogP contribution in [0.2, 0.25) is 5.02 Å². The Balaban J connectivity index is 1.52. The van der Waals surface area contributed by atoms with Crippen molar-refractivity contribution in [2.24, 2.45) is 5.92 Å². The molecule has 1 aliphatic heterocycles. The van der Waals surface area contributed by atoms with E-state index in [0.717, 1.165) is 41.3 Å². The molecule has 3 heterocycles. The Morgan fingerprint density at radius 1 is 1.15 bits per heavy atom. The number of Topliss-reactive ketones (excluding diaryl/α,β-unsaturated/α-hetero) is 1. The van der Waals surface area contributed by atoms with E-state index in [1.54, 1.807) is 0 Å². The molecular formula is C27H34ClN3O2. The van der Waals surface area contributed by atoms with Gasteiger partial charge in [0, 0.05) is 35.8 Å². The summed E-state index contributed by atoms with van der Waals surface area (Å²) in [6, 6.07) is 11.7. The first-order chi connectivity index (χ1) is 16.0. The first-order valence-electron chi connectivity index (χ1n) is 12.1. The van der Waals surface area contributed by atoms with Gasteiger partial charge in [-0.25, -0.2) is 4.98 Å². The summed E-state index contributed by atoms with van der Waals surface area (Å²) in [6.07, 6.45) is 7.85. The molecule has 0 bridgehead atoms. The number of benzene rings is 1. The summed E-state index contributed by atoms with van der Waals surface area (Å²) in [6.45, 7) is 8.33. The van der Waals surface area contributed by atoms with Crippen LogP contribution in [0.5, 0.6) is 5.75 Å². The van der Waals surface area contributed by atoms with Gasteiger partial charge in [0.25, 0.3) is 0 Å². The van der Waals surface area contributed by atoms with Crippen LogP contribution in [0.15, 0.2) is 42.6 Å². The number of carbonyl (C=O) groups excluding carboxylic acids is 1. The average molecular weight is 468 g/mol. The van der Waals surface area contributed by atoms with Crippen LogP contribution >= 0.6 is 11.6 Å². The monoisotopic (exact) mass is 467 g/mol. The van der Waals surface area contributed by atoms with E-state index in [2.05, 4.69) is 18.7 Å². The number of ether oxygens (including phenoxy) is 1. The minimum Gasteiger partial charge on any atom is -0.493 e. The molecule has 4 rings (SSSR count). The smallest absolute Gasteiger partial charge is 0.141 e. The maximum Gasteiger partial charge on any atom is 0.141 e. The number of pyridine rings is 1. The third-order valence-corrected chi connectivity index (χ3v) is 6.34. The first-order valence-corrected chi connectivity index (χ1v) is 12.5. The Kier molecular flexibility index (Phi) is 8.05. The lowest BCUT2D eigenvalue weighted by Crippen LogP contribution is -2.31. The number of likely N-dealkylation sites (tertiary alicyclic amines) is 1. The Morgan fingerprint density at radius 3 is 2.73 bits per heavy atom. The number of fused-ring (bicyclic) bond motifs is 1. The van der Waals surface area contributed by atoms with Crippen molar-refractivity contribution in [3.8, 4) is 17.0 Å². The van der Waals surface area contributed by atoms with E-state index in [9.17, 15) is 4.79 Å². The summed E-state index contributed by atoms with van der Waals surface area (Å²) in [7, 11) is 0. The van der Waals surface area contributed by atoms with Crippen molar-refractivity contribution in [2.45, 2.75) is 52.4 Å². The normalized spacial score (nSPS) is 14.8. The molecule has 0 atom stereocenters. The van der Waals surface area contributed by atoms with Gasteiger partial charge in [0.15, 0.2) is 0 Å². The predicted molar refractivity (Wildman–Crippen MR) is 134 cm³/mol. The lowest BCUT2D eigenvalue weighted by molar-refractivity contribution is -0.119. The Labute approximate surface area is 201 Å². The van der Waals surface area contributed by atoms with E-state index < -0.39 is 0 Å². The number of piperidine rings is 1. The van der Waals surface area contributed by atoms with Crippen molar-refractivity contribution in [3.63, 3.8) is 0 Å². The average Bonchev–Trinajstić information content (AvgIpc) is 3.13. The van der Waals surface area contributed by atoms with Crippen LogP contribution < -0.4 is 4.74 Å². The van der Waals surface area contributed by atoms with Crippen molar-refractivity contribution >= 4 is 23.0 Å². The highest BCUT2D eigenvalue weighted by molar-refractivity contribution is 6.30. The minimum absolute atomic E-state index is 0.200. The largest absolute Gasteiger partial charge is 0.493 e. The summed E-state index contributed by atoms with van der Waals surface area (Å²) >= 11 is 6.27. The van der Waals surface area contributed by atoms with Gasteiger partial charge in [-0.05, 0) is 56.5 Å². The molecule has 0 spiro atoms. The van der Waals surface area contributed by atoms with Gasteiger partial charge in [-0.15, -0.1) is 0 Å². The standard InChI is InChI=1S/C27H34ClN3O2/c1-20(2)16-23(32)18-25-27(21-8-6-9-22(28)17-21)31-14-10-24(19-26(31)29-25)33-15-7-13-30-11-4-3-5-12-30/h6,8-10,14,17,19-20H,3-5,7,11-13,15-16,18H2,1-2H3. The second-order valence-electron chi connectivity index (χ2n) is 9.43. The third-order valence-electron chi connectivity index (χ3n) is 6.10. The molecule has 0 amide bonds. The zero-order valence-corrected chi connectivity index (χ0v) is 20.5. The van der Waals surface area contributed by atoms with E-state index in [1.807, 2.05) is 47.0 Å². The van der Waals surface area contributed by atoms with Gasteiger partial charge in [-0.1, -0.05) is 44.0 Å². The predicted octanol–water partition coefficient (Wildman–Crippen LogP) is 6.07. The number of nitrogens with zero attached hydrogens (tertiary/aromatic N) is 3. The van der Waals surface area contributed by atoms with Gasteiger partial charge in [-0.2, -0.15) is 0 Å². The molecule has 3 aromatic rings. The van der Waals surface area contributed by atoms with Crippen molar-refractivity contribution < 1.29 is 9.53 Å². The van der Waals surface area contributed by atoms with Crippen molar-refractivity contribution in [1.82, 2.24) is 14.3 Å². The van der Waals surface area contributed by atoms with E-state index >= 15 is 0 Å². The van der Waals surface area contributed by atoms with E-state index in [-0.39, 0.29) is 5.78 Å². The minimum atomic E-state index is 0.200. The van der Waals surface area contributed by atoms with Gasteiger partial charge < -0.3 is 9.64 Å². The molecule has 1 fully saturated rings. The number of halogens is 1. The highest BCUT2D eigenvalue weighted by Gasteiger charge is 2.18. The molecule has 0 radical (unpaired) electrons. The molecule has 0 aliphatic carbocycles. The van der Waals surface area contributed by atoms with Crippen LogP contribution in [-0.4, -0.2) is 46.3 Å². The third kappa shape index (κ3) is 6.36. The van der Waals surface area contributed by atoms with Gasteiger partial charge >= 0.3 is 0 Å². The highest BCUT2D eigenvalue weighted by Crippen LogP contribution is 2.30. The molecule has 1 aromatic carbocycles. The number of rotatable bonds is 10. The van der Waals surface area contributed by atoms with Gasteiger partial charge in [0.05, 0.1) is 24.4 Å². The molecule has 5 nitrogen and oxygen atoms in total. The Morgan fingerprint density at radius 2 is 1.97 bits per heavy atom. The fraction of sp³-hybridized carbons (Fsp3) is 0.481. The molecule has 0 unspecified atom stereocenters. The van der Waals surface area contributed by atoms with Crippen molar-refractivity contribution in [3.05, 3.63) is 53.3 Å². The van der Waals surface area contributed by atoms with Crippen LogP contribution in [0, 0.1) is 5.92 Å². The maximum absolute atomic E-state index is 12.6. The lowest BCUT2D eigenvalue weighted by Gasteiger charge is -2.26. The summed E-state index contributed by atoms with van der Waals surface area (Å²) in [5.74, 6) is 1.34. The van der Waals surface area contributed by atoms with Crippen LogP contribution in [-0.2, 0) is 11.2 Å². The van der Waals surface area contributed by atoms with E-state index in [0.29, 0.717) is 30.4 Å². The first kappa shape index (κ1) is 23.8. The maximum atomic E-state index is 12.6. The Bertz CT molecular complexity index is 1090. The topological polar surface area (TPSA) is 46.8 Å². The second kappa shape index (κ2) is 11.2. The molecule has 0 N–H and O–H groups in total. The number of hydrogen-bond donors (Lipinski definition) is 0. The van der Waals surface area contributed by atoms with Crippen LogP contribution in [0.25, 0.3) is 16.9 Å². The Hall–Kier alpha value is -2.37. The number of imidazole rings is 1. The number of aromatic nitrogens is 2. The van der Waals surface area contributed by atoms with Crippen molar-refractivity contribution in [2.75, 3.05) is 26.2 Å². The number of ketones is 1. The molecule has 1 aliphatic rings. The molecule has 2 aromatic heterocycles. The molecule has 1 saturated heterocycles. The summed E-state index contributed by atoms with van der Waals surface area (Å²) in [5, 5.41) is 0.663. The summed E-state index contributed by atoms with van der Waals surface area (Å²) in [5.41, 5.74) is 3.44. The highest BCUT2D eigenvalue weighted by atomic mass is 35.5. The van der Waals surface area contributed by atoms with Crippen LogP contribution in [0.1, 0.15) is 51.6 Å². The second-order valence-corrected chi connectivity index (χ2v) is 9.86. The number of carbonyl (C=O) groups is 1. The van der Waals surface area contributed by atoms with E-state index in [1.165, 1.54) is 32.4 Å². The van der Waals surface area contributed by atoms with Gasteiger partial charge in [-0.3, -0.25) is 9.20 Å².